The monoisotopic (exact) mass is 387 g/mol. The number of thioether (sulfide) groups is 1. The Morgan fingerprint density at radius 1 is 1.15 bits per heavy atom. The van der Waals surface area contributed by atoms with Gasteiger partial charge in [0.25, 0.3) is 0 Å². The van der Waals surface area contributed by atoms with Gasteiger partial charge in [-0.1, -0.05) is 23.9 Å². The van der Waals surface area contributed by atoms with Gasteiger partial charge in [-0.05, 0) is 54.4 Å². The molecule has 0 unspecified atom stereocenters. The van der Waals surface area contributed by atoms with Crippen LogP contribution in [0, 0.1) is 11.6 Å². The van der Waals surface area contributed by atoms with Crippen LogP contribution in [0.3, 0.4) is 0 Å². The second-order valence-electron chi connectivity index (χ2n) is 5.94. The number of benzene rings is 2. The number of aromatic nitrogens is 2. The molecule has 0 aliphatic carbocycles. The molecule has 1 N–H and O–H groups in total. The Bertz CT molecular complexity index is 912. The van der Waals surface area contributed by atoms with Crippen molar-refractivity contribution in [1.29, 1.82) is 0 Å². The van der Waals surface area contributed by atoms with E-state index in [0.717, 1.165) is 16.8 Å². The molecule has 0 fully saturated rings. The lowest BCUT2D eigenvalue weighted by Crippen LogP contribution is -2.31. The van der Waals surface area contributed by atoms with E-state index in [1.54, 1.807) is 35.4 Å². The number of hydrogen-bond donors (Lipinski definition) is 1. The van der Waals surface area contributed by atoms with Gasteiger partial charge in [0.1, 0.15) is 11.6 Å². The third-order valence-corrected chi connectivity index (χ3v) is 4.91. The van der Waals surface area contributed by atoms with E-state index in [4.69, 9.17) is 0 Å². The van der Waals surface area contributed by atoms with E-state index in [2.05, 4.69) is 9.97 Å². The topological polar surface area (TPSA) is 49.0 Å². The maximum Gasteiger partial charge on any atom is 0.233 e. The van der Waals surface area contributed by atoms with E-state index >= 15 is 0 Å². The average Bonchev–Trinajstić information content (AvgIpc) is 3.14. The van der Waals surface area contributed by atoms with Crippen LogP contribution in [0.2, 0.25) is 0 Å². The van der Waals surface area contributed by atoms with Crippen LogP contribution in [0.15, 0.2) is 59.9 Å². The van der Waals surface area contributed by atoms with Gasteiger partial charge < -0.3 is 9.88 Å². The second-order valence-corrected chi connectivity index (χ2v) is 6.90. The fraction of sp³-hybridized carbons (Fsp3) is 0.200. The SMILES string of the molecule is CCN(Cc1cccc(F)c1)C(=O)CSc1ncc(-c2ccc(F)cc2)[nH]1. The standard InChI is InChI=1S/C20H19F2N3OS/c1-2-25(12-14-4-3-5-17(22)10-14)19(26)13-27-20-23-11-18(24-20)15-6-8-16(21)9-7-15/h3-11H,2,12-13H2,1H3,(H,23,24). The largest absolute Gasteiger partial charge is 0.338 e. The maximum absolute atomic E-state index is 13.3. The molecule has 140 valence electrons. The van der Waals surface area contributed by atoms with Crippen LogP contribution < -0.4 is 0 Å². The molecule has 2 aromatic carbocycles. The van der Waals surface area contributed by atoms with Crippen LogP contribution in [0.25, 0.3) is 11.3 Å². The fourth-order valence-corrected chi connectivity index (χ4v) is 3.36. The van der Waals surface area contributed by atoms with Crippen molar-refractivity contribution in [2.24, 2.45) is 0 Å². The summed E-state index contributed by atoms with van der Waals surface area (Å²) in [5.41, 5.74) is 2.34. The minimum absolute atomic E-state index is 0.0495. The summed E-state index contributed by atoms with van der Waals surface area (Å²) in [4.78, 5) is 21.5. The van der Waals surface area contributed by atoms with Crippen molar-refractivity contribution in [3.8, 4) is 11.3 Å². The number of nitrogens with zero attached hydrogens (tertiary/aromatic N) is 2. The molecule has 0 spiro atoms. The van der Waals surface area contributed by atoms with Crippen LogP contribution in [-0.2, 0) is 11.3 Å². The van der Waals surface area contributed by atoms with Crippen molar-refractivity contribution >= 4 is 17.7 Å². The summed E-state index contributed by atoms with van der Waals surface area (Å²) >= 11 is 1.30. The Balaban J connectivity index is 1.58. The van der Waals surface area contributed by atoms with E-state index < -0.39 is 0 Å². The van der Waals surface area contributed by atoms with Crippen LogP contribution in [0.1, 0.15) is 12.5 Å². The van der Waals surface area contributed by atoms with Crippen molar-refractivity contribution in [3.05, 3.63) is 71.9 Å². The first-order chi connectivity index (χ1) is 13.0. The zero-order valence-corrected chi connectivity index (χ0v) is 15.6. The molecule has 0 atom stereocenters. The Labute approximate surface area is 160 Å². The summed E-state index contributed by atoms with van der Waals surface area (Å²) in [5, 5.41) is 0.615. The Kier molecular flexibility index (Phi) is 6.24. The molecule has 0 saturated carbocycles. The fourth-order valence-electron chi connectivity index (χ4n) is 2.61. The molecule has 0 radical (unpaired) electrons. The number of amides is 1. The predicted octanol–water partition coefficient (Wildman–Crippen LogP) is 4.50. The number of nitrogens with one attached hydrogen (secondary N) is 1. The number of hydrogen-bond acceptors (Lipinski definition) is 3. The van der Waals surface area contributed by atoms with Crippen LogP contribution in [0.5, 0.6) is 0 Å². The smallest absolute Gasteiger partial charge is 0.233 e. The highest BCUT2D eigenvalue weighted by Crippen LogP contribution is 2.22. The third kappa shape index (κ3) is 5.17. The number of H-pyrrole nitrogens is 1. The van der Waals surface area contributed by atoms with Gasteiger partial charge in [-0.2, -0.15) is 0 Å². The van der Waals surface area contributed by atoms with E-state index in [1.807, 2.05) is 6.92 Å². The maximum atomic E-state index is 13.3. The molecule has 1 heterocycles. The molecule has 0 saturated heterocycles. The van der Waals surface area contributed by atoms with Gasteiger partial charge in [0, 0.05) is 13.1 Å². The molecule has 0 bridgehead atoms. The quantitative estimate of drug-likeness (QED) is 0.608. The predicted molar refractivity (Wildman–Crippen MR) is 102 cm³/mol. The van der Waals surface area contributed by atoms with Gasteiger partial charge in [0.05, 0.1) is 17.6 Å². The van der Waals surface area contributed by atoms with Crippen LogP contribution >= 0.6 is 11.8 Å². The first kappa shape index (κ1) is 19.1. The highest BCUT2D eigenvalue weighted by atomic mass is 32.2. The first-order valence-corrected chi connectivity index (χ1v) is 9.49. The number of halogens is 2. The van der Waals surface area contributed by atoms with Crippen LogP contribution in [0.4, 0.5) is 8.78 Å². The lowest BCUT2D eigenvalue weighted by molar-refractivity contribution is -0.128. The summed E-state index contributed by atoms with van der Waals surface area (Å²) in [7, 11) is 0. The summed E-state index contributed by atoms with van der Waals surface area (Å²) in [6, 6.07) is 12.4. The molecule has 0 aliphatic heterocycles. The molecule has 27 heavy (non-hydrogen) atoms. The molecule has 4 nitrogen and oxygen atoms in total. The lowest BCUT2D eigenvalue weighted by Gasteiger charge is -2.20. The van der Waals surface area contributed by atoms with Gasteiger partial charge >= 0.3 is 0 Å². The summed E-state index contributed by atoms with van der Waals surface area (Å²) < 4.78 is 26.3. The van der Waals surface area contributed by atoms with Gasteiger partial charge in [0.15, 0.2) is 5.16 Å². The number of rotatable bonds is 7. The number of carbonyl (C=O) groups excluding carboxylic acids is 1. The van der Waals surface area contributed by atoms with Crippen molar-refractivity contribution in [3.63, 3.8) is 0 Å². The van der Waals surface area contributed by atoms with Crippen molar-refractivity contribution < 1.29 is 13.6 Å². The van der Waals surface area contributed by atoms with Crippen LogP contribution in [-0.4, -0.2) is 33.1 Å². The second kappa shape index (κ2) is 8.81. The normalized spacial score (nSPS) is 10.8. The van der Waals surface area contributed by atoms with Gasteiger partial charge in [-0.25, -0.2) is 13.8 Å². The van der Waals surface area contributed by atoms with Gasteiger partial charge in [-0.15, -0.1) is 0 Å². The highest BCUT2D eigenvalue weighted by molar-refractivity contribution is 7.99. The minimum Gasteiger partial charge on any atom is -0.338 e. The zero-order chi connectivity index (χ0) is 19.2. The van der Waals surface area contributed by atoms with E-state index in [1.165, 1.54) is 36.0 Å². The first-order valence-electron chi connectivity index (χ1n) is 8.51. The summed E-state index contributed by atoms with van der Waals surface area (Å²) in [6.45, 7) is 2.79. The lowest BCUT2D eigenvalue weighted by atomic mass is 10.2. The molecule has 0 aliphatic rings. The number of imidazole rings is 1. The molecule has 1 amide bonds. The Hall–Kier alpha value is -2.67. The molecule has 3 aromatic rings. The summed E-state index contributed by atoms with van der Waals surface area (Å²) in [5.74, 6) is -0.434. The molecular weight excluding hydrogens is 368 g/mol. The molecule has 7 heteroatoms. The van der Waals surface area contributed by atoms with Gasteiger partial charge in [0.2, 0.25) is 5.91 Å². The average molecular weight is 387 g/mol. The van der Waals surface area contributed by atoms with E-state index in [9.17, 15) is 13.6 Å². The van der Waals surface area contributed by atoms with Crippen molar-refractivity contribution in [2.75, 3.05) is 12.3 Å². The molecular formula is C20H19F2N3OS. The Morgan fingerprint density at radius 3 is 2.63 bits per heavy atom. The number of aromatic amines is 1. The third-order valence-electron chi connectivity index (χ3n) is 4.04. The Morgan fingerprint density at radius 2 is 1.93 bits per heavy atom. The molecule has 1 aromatic heterocycles. The highest BCUT2D eigenvalue weighted by Gasteiger charge is 2.14. The molecule has 3 rings (SSSR count). The minimum atomic E-state index is -0.311. The summed E-state index contributed by atoms with van der Waals surface area (Å²) in [6.07, 6.45) is 1.66. The van der Waals surface area contributed by atoms with E-state index in [-0.39, 0.29) is 23.3 Å². The van der Waals surface area contributed by atoms with Crippen molar-refractivity contribution in [1.82, 2.24) is 14.9 Å². The van der Waals surface area contributed by atoms with Gasteiger partial charge in [-0.3, -0.25) is 4.79 Å². The van der Waals surface area contributed by atoms with E-state index in [0.29, 0.717) is 18.2 Å². The van der Waals surface area contributed by atoms with Crippen molar-refractivity contribution in [2.45, 2.75) is 18.6 Å². The zero-order valence-electron chi connectivity index (χ0n) is 14.8. The number of carbonyl (C=O) groups is 1.